The van der Waals surface area contributed by atoms with Crippen LogP contribution in [-0.2, 0) is 10.0 Å². The molecule has 16 heavy (non-hydrogen) atoms. The van der Waals surface area contributed by atoms with Crippen LogP contribution in [0.3, 0.4) is 0 Å². The van der Waals surface area contributed by atoms with Gasteiger partial charge in [-0.2, -0.15) is 17.5 Å². The second-order valence-electron chi connectivity index (χ2n) is 3.97. The molecule has 0 bridgehead atoms. The van der Waals surface area contributed by atoms with Crippen LogP contribution in [0.4, 0.5) is 13.2 Å². The zero-order chi connectivity index (χ0) is 13.1. The van der Waals surface area contributed by atoms with E-state index in [2.05, 4.69) is 0 Å². The minimum Gasteiger partial charge on any atom is -0.327 e. The maximum Gasteiger partial charge on any atom is 0.511 e. The molecule has 0 fully saturated rings. The van der Waals surface area contributed by atoms with Crippen molar-refractivity contribution in [1.29, 1.82) is 0 Å². The van der Waals surface area contributed by atoms with Gasteiger partial charge in [0, 0.05) is 19.6 Å². The smallest absolute Gasteiger partial charge is 0.327 e. The lowest BCUT2D eigenvalue weighted by molar-refractivity contribution is -0.0483. The molecule has 0 aromatic heterocycles. The average molecular weight is 262 g/mol. The summed E-state index contributed by atoms with van der Waals surface area (Å²) >= 11 is 0. The van der Waals surface area contributed by atoms with Gasteiger partial charge in [-0.05, 0) is 12.3 Å². The van der Waals surface area contributed by atoms with Gasteiger partial charge in [0.25, 0.3) is 0 Å². The lowest BCUT2D eigenvalue weighted by atomic mass is 10.0. The second kappa shape index (κ2) is 5.33. The molecule has 1 atom stereocenters. The topological polar surface area (TPSA) is 63.4 Å². The number of sulfonamides is 1. The molecule has 0 rings (SSSR count). The Morgan fingerprint density at radius 2 is 1.75 bits per heavy atom. The van der Waals surface area contributed by atoms with Crippen molar-refractivity contribution in [1.82, 2.24) is 4.31 Å². The van der Waals surface area contributed by atoms with E-state index >= 15 is 0 Å². The molecule has 0 aliphatic carbocycles. The summed E-state index contributed by atoms with van der Waals surface area (Å²) in [7, 11) is -4.32. The first kappa shape index (κ1) is 15.7. The maximum atomic E-state index is 12.1. The third-order valence-electron chi connectivity index (χ3n) is 2.34. The van der Waals surface area contributed by atoms with E-state index in [0.717, 1.165) is 7.05 Å². The van der Waals surface area contributed by atoms with Gasteiger partial charge < -0.3 is 5.73 Å². The summed E-state index contributed by atoms with van der Waals surface area (Å²) in [6, 6.07) is -0.314. The van der Waals surface area contributed by atoms with Crippen molar-refractivity contribution in [2.24, 2.45) is 11.7 Å². The molecule has 1 unspecified atom stereocenters. The van der Waals surface area contributed by atoms with E-state index in [1.807, 2.05) is 13.8 Å². The fraction of sp³-hybridized carbons (Fsp3) is 1.00. The van der Waals surface area contributed by atoms with Gasteiger partial charge in [-0.1, -0.05) is 13.8 Å². The number of hydrogen-bond acceptors (Lipinski definition) is 3. The predicted molar refractivity (Wildman–Crippen MR) is 55.0 cm³/mol. The molecule has 0 saturated carbocycles. The lowest BCUT2D eigenvalue weighted by Gasteiger charge is -2.22. The van der Waals surface area contributed by atoms with Crippen LogP contribution in [0.25, 0.3) is 0 Å². The summed E-state index contributed by atoms with van der Waals surface area (Å²) in [5.74, 6) is 0.0991. The fourth-order valence-corrected chi connectivity index (χ4v) is 1.66. The monoisotopic (exact) mass is 262 g/mol. The largest absolute Gasteiger partial charge is 0.511 e. The van der Waals surface area contributed by atoms with Crippen LogP contribution >= 0.6 is 0 Å². The molecule has 0 spiro atoms. The zero-order valence-electron chi connectivity index (χ0n) is 9.45. The highest BCUT2D eigenvalue weighted by Gasteiger charge is 2.48. The van der Waals surface area contributed by atoms with Crippen molar-refractivity contribution in [3.05, 3.63) is 0 Å². The highest BCUT2D eigenvalue weighted by atomic mass is 32.2. The Bertz CT molecular complexity index is 314. The number of hydrogen-bond donors (Lipinski definition) is 1. The molecule has 0 amide bonds. The summed E-state index contributed by atoms with van der Waals surface area (Å²) in [4.78, 5) is 0. The normalized spacial score (nSPS) is 15.8. The van der Waals surface area contributed by atoms with Crippen LogP contribution < -0.4 is 5.73 Å². The third-order valence-corrected chi connectivity index (χ3v) is 3.92. The quantitative estimate of drug-likeness (QED) is 0.808. The molecule has 0 saturated heterocycles. The van der Waals surface area contributed by atoms with Gasteiger partial charge in [0.05, 0.1) is 0 Å². The second-order valence-corrected chi connectivity index (χ2v) is 6.01. The number of halogens is 3. The zero-order valence-corrected chi connectivity index (χ0v) is 10.3. The Labute approximate surface area is 93.7 Å². The summed E-state index contributed by atoms with van der Waals surface area (Å²) in [6.45, 7) is 3.41. The number of nitrogens with zero attached hydrogens (tertiary/aromatic N) is 1. The van der Waals surface area contributed by atoms with Crippen LogP contribution in [-0.4, -0.2) is 37.9 Å². The first-order valence-corrected chi connectivity index (χ1v) is 6.22. The molecule has 98 valence electrons. The van der Waals surface area contributed by atoms with Crippen molar-refractivity contribution >= 4 is 10.0 Å². The van der Waals surface area contributed by atoms with E-state index in [4.69, 9.17) is 5.73 Å². The van der Waals surface area contributed by atoms with Crippen molar-refractivity contribution < 1.29 is 21.6 Å². The Balaban J connectivity index is 4.44. The summed E-state index contributed by atoms with van der Waals surface area (Å²) in [6.07, 6.45) is 0.198. The van der Waals surface area contributed by atoms with Crippen LogP contribution in [0.15, 0.2) is 0 Å². The van der Waals surface area contributed by atoms with Crippen LogP contribution in [0.1, 0.15) is 20.3 Å². The number of rotatable bonds is 5. The van der Waals surface area contributed by atoms with Crippen LogP contribution in [0.2, 0.25) is 0 Å². The van der Waals surface area contributed by atoms with Crippen LogP contribution in [0, 0.1) is 5.92 Å². The van der Waals surface area contributed by atoms with E-state index in [1.54, 1.807) is 0 Å². The van der Waals surface area contributed by atoms with Gasteiger partial charge in [0.1, 0.15) is 0 Å². The number of nitrogens with two attached hydrogens (primary N) is 1. The van der Waals surface area contributed by atoms with Crippen molar-refractivity contribution in [3.63, 3.8) is 0 Å². The van der Waals surface area contributed by atoms with Gasteiger partial charge in [0.2, 0.25) is 0 Å². The minimum atomic E-state index is -5.25. The van der Waals surface area contributed by atoms with Crippen molar-refractivity contribution in [2.75, 3.05) is 13.6 Å². The van der Waals surface area contributed by atoms with Crippen molar-refractivity contribution in [2.45, 2.75) is 31.8 Å². The van der Waals surface area contributed by atoms with Crippen molar-refractivity contribution in [3.8, 4) is 0 Å². The van der Waals surface area contributed by atoms with E-state index in [0.29, 0.717) is 0 Å². The molecule has 0 aliphatic heterocycles. The fourth-order valence-electron chi connectivity index (χ4n) is 0.961. The Kier molecular flexibility index (Phi) is 5.21. The molecule has 2 N–H and O–H groups in total. The summed E-state index contributed by atoms with van der Waals surface area (Å²) < 4.78 is 58.4. The lowest BCUT2D eigenvalue weighted by Crippen LogP contribution is -2.40. The maximum absolute atomic E-state index is 12.1. The van der Waals surface area contributed by atoms with Gasteiger partial charge in [0.15, 0.2) is 0 Å². The highest BCUT2D eigenvalue weighted by Crippen LogP contribution is 2.26. The van der Waals surface area contributed by atoms with Gasteiger partial charge in [-0.15, -0.1) is 0 Å². The molecule has 0 aliphatic rings. The molecule has 0 heterocycles. The summed E-state index contributed by atoms with van der Waals surface area (Å²) in [5, 5.41) is 0. The van der Waals surface area contributed by atoms with E-state index in [1.165, 1.54) is 0 Å². The molecule has 0 aromatic carbocycles. The molecule has 0 aromatic rings. The summed E-state index contributed by atoms with van der Waals surface area (Å²) in [5.41, 5.74) is 0.368. The highest BCUT2D eigenvalue weighted by molar-refractivity contribution is 7.89. The van der Waals surface area contributed by atoms with E-state index in [-0.39, 0.29) is 29.2 Å². The average Bonchev–Trinajstić information content (AvgIpc) is 2.11. The van der Waals surface area contributed by atoms with Crippen LogP contribution in [0.5, 0.6) is 0 Å². The predicted octanol–water partition coefficient (Wildman–Crippen LogP) is 1.14. The van der Waals surface area contributed by atoms with E-state index < -0.39 is 15.5 Å². The first-order valence-electron chi connectivity index (χ1n) is 4.78. The first-order chi connectivity index (χ1) is 7.00. The molecular weight excluding hydrogens is 245 g/mol. The molecular formula is C8H17F3N2O2S. The Morgan fingerprint density at radius 3 is 2.06 bits per heavy atom. The number of alkyl halides is 3. The minimum absolute atomic E-state index is 0.0991. The van der Waals surface area contributed by atoms with Gasteiger partial charge in [-0.25, -0.2) is 8.42 Å². The molecule has 8 heteroatoms. The van der Waals surface area contributed by atoms with Gasteiger partial charge >= 0.3 is 15.5 Å². The molecule has 0 radical (unpaired) electrons. The van der Waals surface area contributed by atoms with Gasteiger partial charge in [-0.3, -0.25) is 0 Å². The van der Waals surface area contributed by atoms with E-state index in [9.17, 15) is 21.6 Å². The SMILES string of the molecule is CC(C)C(N)CCN(C)S(=O)(=O)C(F)(F)F. The Morgan fingerprint density at radius 1 is 1.31 bits per heavy atom. The standard InChI is InChI=1S/C8H17F3N2O2S/c1-6(2)7(12)4-5-13(3)16(14,15)8(9,10)11/h6-7H,4-5,12H2,1-3H3. The third kappa shape index (κ3) is 3.91. The molecule has 4 nitrogen and oxygen atoms in total. The Hall–Kier alpha value is -0.340.